The van der Waals surface area contributed by atoms with Crippen molar-refractivity contribution in [3.05, 3.63) is 47.3 Å². The van der Waals surface area contributed by atoms with Gasteiger partial charge in [0.2, 0.25) is 5.91 Å². The van der Waals surface area contributed by atoms with Crippen molar-refractivity contribution in [3.63, 3.8) is 0 Å². The minimum atomic E-state index is -0.455. The van der Waals surface area contributed by atoms with Gasteiger partial charge >= 0.3 is 0 Å². The normalized spacial score (nSPS) is 9.70. The van der Waals surface area contributed by atoms with Gasteiger partial charge in [-0.25, -0.2) is 9.37 Å². The van der Waals surface area contributed by atoms with E-state index in [2.05, 4.69) is 10.3 Å². The zero-order chi connectivity index (χ0) is 16.8. The first kappa shape index (κ1) is 16.3. The van der Waals surface area contributed by atoms with Gasteiger partial charge in [-0.2, -0.15) is 10.5 Å². The zero-order valence-electron chi connectivity index (χ0n) is 11.7. The fourth-order valence-electron chi connectivity index (χ4n) is 1.69. The minimum absolute atomic E-state index is 0.000427. The van der Waals surface area contributed by atoms with Crippen LogP contribution < -0.4 is 11.1 Å². The van der Waals surface area contributed by atoms with Crippen LogP contribution in [0.15, 0.2) is 35.4 Å². The summed E-state index contributed by atoms with van der Waals surface area (Å²) in [5.41, 5.74) is 6.21. The Kier molecular flexibility index (Phi) is 5.13. The van der Waals surface area contributed by atoms with E-state index >= 15 is 0 Å². The number of rotatable bonds is 4. The second kappa shape index (κ2) is 7.25. The minimum Gasteiger partial charge on any atom is -0.383 e. The Bertz CT molecular complexity index is 841. The maximum atomic E-state index is 13.0. The highest BCUT2D eigenvalue weighted by Gasteiger charge is 2.12. The molecule has 0 unspecified atom stereocenters. The largest absolute Gasteiger partial charge is 0.383 e. The summed E-state index contributed by atoms with van der Waals surface area (Å²) in [6.45, 7) is 0. The third kappa shape index (κ3) is 4.19. The number of nitrogens with two attached hydrogens (primary N) is 1. The van der Waals surface area contributed by atoms with Crippen LogP contribution in [0.4, 0.5) is 15.9 Å². The maximum absolute atomic E-state index is 13.0. The number of nitrogens with one attached hydrogen (secondary N) is 1. The molecule has 0 saturated heterocycles. The van der Waals surface area contributed by atoms with Gasteiger partial charge in [-0.05, 0) is 24.3 Å². The Labute approximate surface area is 135 Å². The molecule has 0 aliphatic rings. The molecule has 0 radical (unpaired) electrons. The summed E-state index contributed by atoms with van der Waals surface area (Å²) in [7, 11) is 0. The maximum Gasteiger partial charge on any atom is 0.234 e. The third-order valence-electron chi connectivity index (χ3n) is 2.71. The standard InChI is InChI=1S/C15H10FN5OS/c16-11-2-1-3-12(5-11)20-13(22)8-23-15-10(7-18)4-9(6-17)14(19)21-15/h1-5H,8H2,(H2,19,21)(H,20,22). The number of hydrogen-bond acceptors (Lipinski definition) is 6. The summed E-state index contributed by atoms with van der Waals surface area (Å²) in [6, 6.07) is 10.6. The van der Waals surface area contributed by atoms with E-state index in [9.17, 15) is 9.18 Å². The average molecular weight is 327 g/mol. The smallest absolute Gasteiger partial charge is 0.234 e. The number of benzene rings is 1. The van der Waals surface area contributed by atoms with Crippen LogP contribution >= 0.6 is 11.8 Å². The summed E-state index contributed by atoms with van der Waals surface area (Å²) in [5.74, 6) is -0.874. The van der Waals surface area contributed by atoms with E-state index in [1.54, 1.807) is 6.07 Å². The van der Waals surface area contributed by atoms with Crippen LogP contribution in [0.2, 0.25) is 0 Å². The van der Waals surface area contributed by atoms with Gasteiger partial charge in [0, 0.05) is 5.69 Å². The van der Waals surface area contributed by atoms with Crippen molar-refractivity contribution < 1.29 is 9.18 Å². The fourth-order valence-corrected chi connectivity index (χ4v) is 2.45. The van der Waals surface area contributed by atoms with Gasteiger partial charge in [0.25, 0.3) is 0 Å². The van der Waals surface area contributed by atoms with E-state index < -0.39 is 5.82 Å². The van der Waals surface area contributed by atoms with E-state index in [-0.39, 0.29) is 33.6 Å². The summed E-state index contributed by atoms with van der Waals surface area (Å²) >= 11 is 1.01. The molecule has 3 N–H and O–H groups in total. The number of pyridine rings is 1. The van der Waals surface area contributed by atoms with Crippen molar-refractivity contribution >= 4 is 29.2 Å². The number of carbonyl (C=O) groups excluding carboxylic acids is 1. The molecule has 114 valence electrons. The Morgan fingerprint density at radius 1 is 1.30 bits per heavy atom. The summed E-state index contributed by atoms with van der Waals surface area (Å²) in [6.07, 6.45) is 0. The molecule has 8 heteroatoms. The summed E-state index contributed by atoms with van der Waals surface area (Å²) in [4.78, 5) is 15.8. The van der Waals surface area contributed by atoms with Crippen LogP contribution in [0.25, 0.3) is 0 Å². The molecular formula is C15H10FN5OS. The SMILES string of the molecule is N#Cc1cc(C#N)c(SCC(=O)Nc2cccc(F)c2)nc1N. The molecule has 1 aromatic heterocycles. The molecular weight excluding hydrogens is 317 g/mol. The highest BCUT2D eigenvalue weighted by atomic mass is 32.2. The molecule has 0 fully saturated rings. The Balaban J connectivity index is 2.06. The first-order valence-corrected chi connectivity index (χ1v) is 7.31. The summed E-state index contributed by atoms with van der Waals surface area (Å²) < 4.78 is 13.0. The van der Waals surface area contributed by atoms with Gasteiger partial charge in [-0.1, -0.05) is 17.8 Å². The van der Waals surface area contributed by atoms with E-state index in [0.29, 0.717) is 5.69 Å². The Morgan fingerprint density at radius 3 is 2.70 bits per heavy atom. The number of nitriles is 2. The second-order valence-corrected chi connectivity index (χ2v) is 5.31. The molecule has 0 saturated carbocycles. The predicted octanol–water partition coefficient (Wildman–Crippen LogP) is 2.28. The summed E-state index contributed by atoms with van der Waals surface area (Å²) in [5, 5.41) is 20.7. The molecule has 0 spiro atoms. The zero-order valence-corrected chi connectivity index (χ0v) is 12.5. The van der Waals surface area contributed by atoms with Crippen molar-refractivity contribution in [2.45, 2.75) is 5.03 Å². The van der Waals surface area contributed by atoms with Crippen LogP contribution in [0, 0.1) is 28.5 Å². The molecule has 1 amide bonds. The van der Waals surface area contributed by atoms with Gasteiger partial charge in [0.05, 0.1) is 16.9 Å². The highest BCUT2D eigenvalue weighted by molar-refractivity contribution is 8.00. The number of aromatic nitrogens is 1. The van der Waals surface area contributed by atoms with Crippen LogP contribution in [0.3, 0.4) is 0 Å². The Morgan fingerprint density at radius 2 is 2.04 bits per heavy atom. The number of carbonyl (C=O) groups is 1. The molecule has 2 aromatic rings. The number of nitrogen functional groups attached to an aromatic ring is 1. The van der Waals surface area contributed by atoms with Crippen LogP contribution in [0.5, 0.6) is 0 Å². The number of thioether (sulfide) groups is 1. The quantitative estimate of drug-likeness (QED) is 0.832. The highest BCUT2D eigenvalue weighted by Crippen LogP contribution is 2.24. The first-order valence-electron chi connectivity index (χ1n) is 6.32. The van der Waals surface area contributed by atoms with Gasteiger partial charge in [0.1, 0.15) is 28.8 Å². The molecule has 23 heavy (non-hydrogen) atoms. The van der Waals surface area contributed by atoms with Crippen LogP contribution in [-0.2, 0) is 4.79 Å². The number of hydrogen-bond donors (Lipinski definition) is 2. The van der Waals surface area contributed by atoms with Crippen LogP contribution in [-0.4, -0.2) is 16.6 Å². The molecule has 1 heterocycles. The molecule has 0 aliphatic carbocycles. The molecule has 1 aromatic carbocycles. The number of halogens is 1. The van der Waals surface area contributed by atoms with Gasteiger partial charge in [0.15, 0.2) is 0 Å². The lowest BCUT2D eigenvalue weighted by Crippen LogP contribution is -2.14. The number of anilines is 2. The van der Waals surface area contributed by atoms with E-state index in [1.165, 1.54) is 24.3 Å². The average Bonchev–Trinajstić information content (AvgIpc) is 2.53. The van der Waals surface area contributed by atoms with Crippen molar-refractivity contribution in [3.8, 4) is 12.1 Å². The Hall–Kier alpha value is -3.10. The van der Waals surface area contributed by atoms with Gasteiger partial charge in [-0.3, -0.25) is 4.79 Å². The fraction of sp³-hybridized carbons (Fsp3) is 0.0667. The molecule has 2 rings (SSSR count). The lowest BCUT2D eigenvalue weighted by atomic mass is 10.2. The monoisotopic (exact) mass is 327 g/mol. The van der Waals surface area contributed by atoms with Crippen molar-refractivity contribution in [2.24, 2.45) is 0 Å². The first-order chi connectivity index (χ1) is 11.0. The van der Waals surface area contributed by atoms with Gasteiger partial charge in [-0.15, -0.1) is 0 Å². The van der Waals surface area contributed by atoms with Crippen molar-refractivity contribution in [1.29, 1.82) is 10.5 Å². The lowest BCUT2D eigenvalue weighted by Gasteiger charge is -2.07. The van der Waals surface area contributed by atoms with E-state index in [0.717, 1.165) is 11.8 Å². The van der Waals surface area contributed by atoms with E-state index in [1.807, 2.05) is 12.1 Å². The van der Waals surface area contributed by atoms with Gasteiger partial charge < -0.3 is 11.1 Å². The number of amides is 1. The van der Waals surface area contributed by atoms with Crippen molar-refractivity contribution in [2.75, 3.05) is 16.8 Å². The molecule has 6 nitrogen and oxygen atoms in total. The molecule has 0 bridgehead atoms. The lowest BCUT2D eigenvalue weighted by molar-refractivity contribution is -0.113. The van der Waals surface area contributed by atoms with Crippen molar-refractivity contribution in [1.82, 2.24) is 4.98 Å². The molecule has 0 aliphatic heterocycles. The van der Waals surface area contributed by atoms with E-state index in [4.69, 9.17) is 16.3 Å². The predicted molar refractivity (Wildman–Crippen MR) is 83.8 cm³/mol. The second-order valence-electron chi connectivity index (χ2n) is 4.34. The topological polar surface area (TPSA) is 116 Å². The van der Waals surface area contributed by atoms with Crippen LogP contribution in [0.1, 0.15) is 11.1 Å². The number of nitrogens with zero attached hydrogens (tertiary/aromatic N) is 3. The molecule has 0 atom stereocenters. The third-order valence-corrected chi connectivity index (χ3v) is 3.70.